The topological polar surface area (TPSA) is 75.5 Å². The molecule has 2 heterocycles. The van der Waals surface area contributed by atoms with Gasteiger partial charge in [0.2, 0.25) is 11.8 Å². The maximum Gasteiger partial charge on any atom is 0.226 e. The van der Waals surface area contributed by atoms with Gasteiger partial charge in [0.25, 0.3) is 0 Å². The second kappa shape index (κ2) is 9.23. The van der Waals surface area contributed by atoms with E-state index in [-0.39, 0.29) is 31.2 Å². The van der Waals surface area contributed by atoms with Crippen molar-refractivity contribution >= 4 is 49.7 Å². The van der Waals surface area contributed by atoms with Crippen molar-refractivity contribution < 1.29 is 9.59 Å². The van der Waals surface area contributed by atoms with Crippen LogP contribution in [0.15, 0.2) is 70.6 Å². The average Bonchev–Trinajstić information content (AvgIpc) is 3.32. The summed E-state index contributed by atoms with van der Waals surface area (Å²) in [5, 5.41) is 7.56. The zero-order valence-electron chi connectivity index (χ0n) is 16.0. The number of fused-ring (bicyclic) bond motifs is 1. The van der Waals surface area contributed by atoms with Gasteiger partial charge in [0, 0.05) is 46.0 Å². The Kier molecular flexibility index (Phi) is 6.25. The Bertz CT molecular complexity index is 1170. The second-order valence-corrected chi connectivity index (χ2v) is 8.46. The predicted octanol–water partition coefficient (Wildman–Crippen LogP) is 4.51. The molecule has 4 rings (SSSR count). The van der Waals surface area contributed by atoms with Crippen LogP contribution in [-0.2, 0) is 16.0 Å². The quantitative estimate of drug-likeness (QED) is 0.406. The molecule has 0 aliphatic carbocycles. The van der Waals surface area contributed by atoms with Gasteiger partial charge in [0.15, 0.2) is 4.96 Å². The molecule has 0 spiro atoms. The van der Waals surface area contributed by atoms with Gasteiger partial charge in [-0.1, -0.05) is 46.3 Å². The lowest BCUT2D eigenvalue weighted by molar-refractivity contribution is -0.120. The molecule has 30 heavy (non-hydrogen) atoms. The number of carbonyl (C=O) groups excluding carboxylic acids is 2. The molecule has 0 aliphatic rings. The molecule has 2 N–H and O–H groups in total. The number of rotatable bonds is 7. The van der Waals surface area contributed by atoms with Crippen molar-refractivity contribution in [2.24, 2.45) is 0 Å². The fourth-order valence-electron chi connectivity index (χ4n) is 3.00. The van der Waals surface area contributed by atoms with Crippen LogP contribution in [0, 0.1) is 0 Å². The highest BCUT2D eigenvalue weighted by atomic mass is 79.9. The van der Waals surface area contributed by atoms with Crippen molar-refractivity contribution in [3.63, 3.8) is 0 Å². The summed E-state index contributed by atoms with van der Waals surface area (Å²) in [6.07, 6.45) is 2.40. The normalized spacial score (nSPS) is 10.8. The monoisotopic (exact) mass is 482 g/mol. The molecular weight excluding hydrogens is 464 g/mol. The summed E-state index contributed by atoms with van der Waals surface area (Å²) in [5.74, 6) is -0.265. The molecule has 0 radical (unpaired) electrons. The Morgan fingerprint density at radius 3 is 2.57 bits per heavy atom. The molecular formula is C22H19BrN4O2S. The Labute approximate surface area is 186 Å². The van der Waals surface area contributed by atoms with Crippen LogP contribution in [0.2, 0.25) is 0 Å². The van der Waals surface area contributed by atoms with E-state index in [0.29, 0.717) is 0 Å². The molecule has 8 heteroatoms. The molecule has 0 saturated carbocycles. The average molecular weight is 483 g/mol. The van der Waals surface area contributed by atoms with Crippen LogP contribution < -0.4 is 10.6 Å². The van der Waals surface area contributed by atoms with E-state index in [1.807, 2.05) is 70.6 Å². The van der Waals surface area contributed by atoms with Crippen molar-refractivity contribution in [3.8, 4) is 11.3 Å². The number of imidazole rings is 1. The van der Waals surface area contributed by atoms with Crippen molar-refractivity contribution in [2.45, 2.75) is 12.8 Å². The summed E-state index contributed by atoms with van der Waals surface area (Å²) in [4.78, 5) is 29.8. The van der Waals surface area contributed by atoms with Crippen LogP contribution in [0.3, 0.4) is 0 Å². The summed E-state index contributed by atoms with van der Waals surface area (Å²) >= 11 is 4.86. The Hall–Kier alpha value is -2.97. The minimum Gasteiger partial charge on any atom is -0.355 e. The first-order chi connectivity index (χ1) is 14.6. The summed E-state index contributed by atoms with van der Waals surface area (Å²) < 4.78 is 2.90. The fraction of sp³-hybridized carbons (Fsp3) is 0.136. The number of benzene rings is 2. The SMILES string of the molecule is O=C(Cc1csc2nc(-c3ccccc3)cn12)NCCC(=O)Nc1ccc(Br)cc1. The molecule has 4 aromatic rings. The van der Waals surface area contributed by atoms with Crippen molar-refractivity contribution in [3.05, 3.63) is 76.3 Å². The third kappa shape index (κ3) is 4.95. The number of nitrogens with zero attached hydrogens (tertiary/aromatic N) is 2. The van der Waals surface area contributed by atoms with Crippen LogP contribution in [0.1, 0.15) is 12.1 Å². The first-order valence-electron chi connectivity index (χ1n) is 9.41. The number of carbonyl (C=O) groups is 2. The van der Waals surface area contributed by atoms with Crippen LogP contribution in [-0.4, -0.2) is 27.7 Å². The molecule has 0 bridgehead atoms. The van der Waals surface area contributed by atoms with E-state index in [4.69, 9.17) is 0 Å². The van der Waals surface area contributed by atoms with E-state index in [9.17, 15) is 9.59 Å². The molecule has 2 amide bonds. The number of hydrogen-bond acceptors (Lipinski definition) is 4. The van der Waals surface area contributed by atoms with Crippen molar-refractivity contribution in [2.75, 3.05) is 11.9 Å². The molecule has 2 aromatic carbocycles. The van der Waals surface area contributed by atoms with Crippen molar-refractivity contribution in [1.29, 1.82) is 0 Å². The minimum atomic E-state index is -0.141. The van der Waals surface area contributed by atoms with Gasteiger partial charge in [-0.15, -0.1) is 11.3 Å². The maximum atomic E-state index is 12.3. The molecule has 0 unspecified atom stereocenters. The highest BCUT2D eigenvalue weighted by molar-refractivity contribution is 9.10. The molecule has 0 fully saturated rings. The Morgan fingerprint density at radius 2 is 1.80 bits per heavy atom. The van der Waals surface area contributed by atoms with Crippen LogP contribution >= 0.6 is 27.3 Å². The molecule has 0 aliphatic heterocycles. The lowest BCUT2D eigenvalue weighted by Crippen LogP contribution is -2.29. The van der Waals surface area contributed by atoms with E-state index < -0.39 is 0 Å². The van der Waals surface area contributed by atoms with E-state index in [2.05, 4.69) is 31.5 Å². The minimum absolute atomic E-state index is 0.124. The molecule has 6 nitrogen and oxygen atoms in total. The van der Waals surface area contributed by atoms with Crippen LogP contribution in [0.4, 0.5) is 5.69 Å². The van der Waals surface area contributed by atoms with Crippen molar-refractivity contribution in [1.82, 2.24) is 14.7 Å². The van der Waals surface area contributed by atoms with E-state index in [1.165, 1.54) is 11.3 Å². The summed E-state index contributed by atoms with van der Waals surface area (Å²) in [5.41, 5.74) is 3.53. The fourth-order valence-corrected chi connectivity index (χ4v) is 4.14. The summed E-state index contributed by atoms with van der Waals surface area (Å²) in [7, 11) is 0. The highest BCUT2D eigenvalue weighted by Gasteiger charge is 2.13. The zero-order valence-corrected chi connectivity index (χ0v) is 18.4. The number of hydrogen-bond donors (Lipinski definition) is 2. The number of nitrogens with one attached hydrogen (secondary N) is 2. The highest BCUT2D eigenvalue weighted by Crippen LogP contribution is 2.23. The van der Waals surface area contributed by atoms with E-state index in [1.54, 1.807) is 0 Å². The summed E-state index contributed by atoms with van der Waals surface area (Å²) in [6, 6.07) is 17.3. The first kappa shape index (κ1) is 20.3. The molecule has 0 atom stereocenters. The van der Waals surface area contributed by atoms with Gasteiger partial charge in [-0.05, 0) is 24.3 Å². The molecule has 2 aromatic heterocycles. The third-order valence-electron chi connectivity index (χ3n) is 4.50. The van der Waals surface area contributed by atoms with Gasteiger partial charge in [0.1, 0.15) is 0 Å². The van der Waals surface area contributed by atoms with Crippen LogP contribution in [0.25, 0.3) is 16.2 Å². The van der Waals surface area contributed by atoms with Crippen LogP contribution in [0.5, 0.6) is 0 Å². The second-order valence-electron chi connectivity index (χ2n) is 6.70. The first-order valence-corrected chi connectivity index (χ1v) is 11.1. The Morgan fingerprint density at radius 1 is 1.03 bits per heavy atom. The number of anilines is 1. The number of halogens is 1. The Balaban J connectivity index is 1.29. The number of aromatic nitrogens is 2. The van der Waals surface area contributed by atoms with Gasteiger partial charge < -0.3 is 10.6 Å². The number of amides is 2. The van der Waals surface area contributed by atoms with Gasteiger partial charge in [-0.3, -0.25) is 14.0 Å². The van der Waals surface area contributed by atoms with Gasteiger partial charge in [-0.2, -0.15) is 0 Å². The smallest absolute Gasteiger partial charge is 0.226 e. The van der Waals surface area contributed by atoms with Gasteiger partial charge >= 0.3 is 0 Å². The van der Waals surface area contributed by atoms with E-state index in [0.717, 1.165) is 32.1 Å². The molecule has 152 valence electrons. The number of thiazole rings is 1. The van der Waals surface area contributed by atoms with Gasteiger partial charge in [0.05, 0.1) is 12.1 Å². The maximum absolute atomic E-state index is 12.3. The largest absolute Gasteiger partial charge is 0.355 e. The van der Waals surface area contributed by atoms with E-state index >= 15 is 0 Å². The lowest BCUT2D eigenvalue weighted by Gasteiger charge is -2.07. The predicted molar refractivity (Wildman–Crippen MR) is 123 cm³/mol. The third-order valence-corrected chi connectivity index (χ3v) is 5.91. The molecule has 0 saturated heterocycles. The van der Waals surface area contributed by atoms with Gasteiger partial charge in [-0.25, -0.2) is 4.98 Å². The standard InChI is InChI=1S/C22H19BrN4O2S/c23-16-6-8-17(9-7-16)25-20(28)10-11-24-21(29)12-18-14-30-22-26-19(13-27(18)22)15-4-2-1-3-5-15/h1-9,13-14H,10-12H2,(H,24,29)(H,25,28). The summed E-state index contributed by atoms with van der Waals surface area (Å²) in [6.45, 7) is 0.285. The zero-order chi connectivity index (χ0) is 20.9. The lowest BCUT2D eigenvalue weighted by atomic mass is 10.2.